The van der Waals surface area contributed by atoms with E-state index >= 15 is 0 Å². The van der Waals surface area contributed by atoms with Crippen LogP contribution in [0.5, 0.6) is 5.75 Å². The van der Waals surface area contributed by atoms with Crippen LogP contribution in [0.4, 0.5) is 13.2 Å². The normalized spacial score (nSPS) is 16.4. The number of hydrogen-bond donors (Lipinski definition) is 0. The molecule has 5 rings (SSSR count). The van der Waals surface area contributed by atoms with Crippen molar-refractivity contribution in [1.82, 2.24) is 18.7 Å². The summed E-state index contributed by atoms with van der Waals surface area (Å²) >= 11 is 4.11. The van der Waals surface area contributed by atoms with Crippen LogP contribution in [0.2, 0.25) is 5.02 Å². The quantitative estimate of drug-likeness (QED) is 0.170. The monoisotopic (exact) mass is 654 g/mol. The highest BCUT2D eigenvalue weighted by atomic mass is 35.5. The second kappa shape index (κ2) is 13.8. The summed E-state index contributed by atoms with van der Waals surface area (Å²) in [7, 11) is 1.47. The molecule has 1 unspecified atom stereocenters. The number of imidazole rings is 1. The molecule has 3 heterocycles. The molecule has 15 heteroatoms. The van der Waals surface area contributed by atoms with Gasteiger partial charge >= 0.3 is 17.2 Å². The molecule has 10 nitrogen and oxygen atoms in total. The molecule has 0 bridgehead atoms. The fourth-order valence-electron chi connectivity index (χ4n) is 4.97. The molecule has 1 fully saturated rings. The second-order valence-electron chi connectivity index (χ2n) is 10.3. The van der Waals surface area contributed by atoms with Crippen molar-refractivity contribution in [3.05, 3.63) is 85.5 Å². The number of aryl methyl sites for hydroxylation is 1. The van der Waals surface area contributed by atoms with E-state index in [9.17, 15) is 27.3 Å². The van der Waals surface area contributed by atoms with Gasteiger partial charge in [0.2, 0.25) is 0 Å². The first-order chi connectivity index (χ1) is 21.0. The molecule has 0 amide bonds. The van der Waals surface area contributed by atoms with E-state index in [1.54, 1.807) is 24.3 Å². The first-order valence-corrected chi connectivity index (χ1v) is 15.6. The van der Waals surface area contributed by atoms with Crippen LogP contribution < -0.4 is 16.0 Å². The summed E-state index contributed by atoms with van der Waals surface area (Å²) in [5.41, 5.74) is -0.0912. The first kappa shape index (κ1) is 32.1. The third-order valence-corrected chi connectivity index (χ3v) is 8.62. The molecule has 4 aromatic rings. The minimum absolute atomic E-state index is 0.0141. The number of benzene rings is 2. The van der Waals surface area contributed by atoms with E-state index < -0.39 is 34.5 Å². The summed E-state index contributed by atoms with van der Waals surface area (Å²) in [4.78, 5) is 31.5. The molecule has 1 saturated heterocycles. The Morgan fingerprint density at radius 2 is 1.89 bits per heavy atom. The van der Waals surface area contributed by atoms with Gasteiger partial charge in [-0.25, -0.2) is 4.79 Å². The fourth-order valence-corrected chi connectivity index (χ4v) is 6.30. The van der Waals surface area contributed by atoms with Crippen molar-refractivity contribution in [2.75, 3.05) is 13.2 Å². The topological polar surface area (TPSA) is 113 Å². The molecule has 236 valence electrons. The van der Waals surface area contributed by atoms with Gasteiger partial charge in [-0.2, -0.15) is 4.98 Å². The minimum atomic E-state index is -4.88. The third-order valence-electron chi connectivity index (χ3n) is 7.05. The number of fused-ring (bicyclic) bond motifs is 1. The minimum Gasteiger partial charge on any atom is -0.609 e. The molecule has 0 spiro atoms. The molecule has 0 radical (unpaired) electrons. The Morgan fingerprint density at radius 3 is 2.59 bits per heavy atom. The number of rotatable bonds is 11. The van der Waals surface area contributed by atoms with Gasteiger partial charge in [0.1, 0.15) is 11.5 Å². The van der Waals surface area contributed by atoms with Crippen molar-refractivity contribution in [3.63, 3.8) is 0 Å². The van der Waals surface area contributed by atoms with E-state index in [1.165, 1.54) is 28.3 Å². The van der Waals surface area contributed by atoms with Gasteiger partial charge in [0.05, 0.1) is 13.2 Å². The van der Waals surface area contributed by atoms with Gasteiger partial charge in [0, 0.05) is 42.0 Å². The van der Waals surface area contributed by atoms with Crippen LogP contribution in [0.1, 0.15) is 36.8 Å². The average Bonchev–Trinajstić information content (AvgIpc) is 3.36. The first-order valence-electron chi connectivity index (χ1n) is 13.9. The summed E-state index contributed by atoms with van der Waals surface area (Å²) in [6, 6.07) is 12.0. The number of nitrogens with zero attached hydrogens (tertiary/aromatic N) is 4. The van der Waals surface area contributed by atoms with Crippen molar-refractivity contribution in [3.8, 4) is 5.75 Å². The smallest absolute Gasteiger partial charge is 0.573 e. The fraction of sp³-hybridized carbons (Fsp3) is 0.414. The summed E-state index contributed by atoms with van der Waals surface area (Å²) in [6.45, 7) is 1.07. The zero-order valence-corrected chi connectivity index (χ0v) is 25.3. The Labute approximate surface area is 258 Å². The molecule has 0 aliphatic carbocycles. The summed E-state index contributed by atoms with van der Waals surface area (Å²) < 4.78 is 71.1. The predicted molar refractivity (Wildman–Crippen MR) is 157 cm³/mol. The highest BCUT2D eigenvalue weighted by Crippen LogP contribution is 2.26. The number of ether oxygens (including phenoxy) is 3. The summed E-state index contributed by atoms with van der Waals surface area (Å²) in [6.07, 6.45) is -2.02. The molecular weight excluding hydrogens is 625 g/mol. The molecule has 44 heavy (non-hydrogen) atoms. The van der Waals surface area contributed by atoms with E-state index in [0.717, 1.165) is 36.0 Å². The Balaban J connectivity index is 1.49. The number of hydrogen-bond acceptors (Lipinski definition) is 7. The lowest BCUT2D eigenvalue weighted by Gasteiger charge is -2.22. The van der Waals surface area contributed by atoms with Gasteiger partial charge in [-0.15, -0.1) is 13.2 Å². The maximum atomic E-state index is 13.8. The third kappa shape index (κ3) is 7.67. The molecule has 2 atom stereocenters. The average molecular weight is 655 g/mol. The SMILES string of the molecule is Cn1c(=O)n(CCCOC2CCCCO2)c(=O)c2c1nc([S@+]([O-])Cc1cccc(OC(F)(F)F)c1)n2Cc1ccc(Cl)cc1. The Morgan fingerprint density at radius 1 is 1.11 bits per heavy atom. The van der Waals surface area contributed by atoms with Gasteiger partial charge in [-0.1, -0.05) is 35.9 Å². The number of aromatic nitrogens is 4. The van der Waals surface area contributed by atoms with Crippen LogP contribution in [0.3, 0.4) is 0 Å². The molecule has 0 N–H and O–H groups in total. The van der Waals surface area contributed by atoms with Gasteiger partial charge in [0.15, 0.2) is 17.5 Å². The summed E-state index contributed by atoms with van der Waals surface area (Å²) in [5, 5.41) is 0.485. The maximum Gasteiger partial charge on any atom is 0.573 e. The maximum absolute atomic E-state index is 13.8. The molecule has 2 aromatic heterocycles. The second-order valence-corrected chi connectivity index (χ2v) is 12.1. The molecule has 2 aromatic carbocycles. The van der Waals surface area contributed by atoms with Crippen molar-refractivity contribution >= 4 is 33.9 Å². The van der Waals surface area contributed by atoms with Crippen molar-refractivity contribution in [1.29, 1.82) is 0 Å². The zero-order valence-electron chi connectivity index (χ0n) is 23.7. The van der Waals surface area contributed by atoms with E-state index in [-0.39, 0.29) is 48.1 Å². The van der Waals surface area contributed by atoms with Crippen molar-refractivity contribution < 1.29 is 31.9 Å². The Bertz CT molecular complexity index is 1720. The highest BCUT2D eigenvalue weighted by Gasteiger charge is 2.32. The van der Waals surface area contributed by atoms with E-state index in [1.807, 2.05) is 0 Å². The number of alkyl halides is 3. The lowest BCUT2D eigenvalue weighted by molar-refractivity contribution is -0.274. The van der Waals surface area contributed by atoms with Gasteiger partial charge in [0.25, 0.3) is 5.56 Å². The van der Waals surface area contributed by atoms with Crippen LogP contribution >= 0.6 is 11.6 Å². The lowest BCUT2D eigenvalue weighted by Crippen LogP contribution is -2.40. The largest absolute Gasteiger partial charge is 0.609 e. The lowest BCUT2D eigenvalue weighted by atomic mass is 10.2. The van der Waals surface area contributed by atoms with Gasteiger partial charge < -0.3 is 18.8 Å². The van der Waals surface area contributed by atoms with Gasteiger partial charge in [-0.05, 0) is 55.5 Å². The number of halogens is 4. The van der Waals surface area contributed by atoms with Crippen LogP contribution in [-0.4, -0.2) is 49.1 Å². The molecule has 1 aliphatic rings. The van der Waals surface area contributed by atoms with Crippen LogP contribution in [0.25, 0.3) is 11.2 Å². The van der Waals surface area contributed by atoms with E-state index in [4.69, 9.17) is 21.1 Å². The Kier molecular flexibility index (Phi) is 10.1. The highest BCUT2D eigenvalue weighted by molar-refractivity contribution is 7.90. The zero-order chi connectivity index (χ0) is 31.4. The van der Waals surface area contributed by atoms with Crippen LogP contribution in [-0.2, 0) is 46.5 Å². The van der Waals surface area contributed by atoms with Gasteiger partial charge in [-0.3, -0.25) is 18.5 Å². The molecular formula is C29H30ClF3N4O6S. The molecule has 0 saturated carbocycles. The van der Waals surface area contributed by atoms with Crippen LogP contribution in [0.15, 0.2) is 63.3 Å². The van der Waals surface area contributed by atoms with E-state index in [2.05, 4.69) is 9.72 Å². The summed E-state index contributed by atoms with van der Waals surface area (Å²) in [5.74, 6) is -0.673. The Hall–Kier alpha value is -3.30. The molecule has 1 aliphatic heterocycles. The van der Waals surface area contributed by atoms with Crippen molar-refractivity contribution in [2.24, 2.45) is 7.05 Å². The van der Waals surface area contributed by atoms with Crippen LogP contribution in [0, 0.1) is 0 Å². The standard InChI is InChI=1S/C29H30ClF3N4O6S/c1-35-25-24(26(38)36(28(35)39)13-5-15-42-23-8-2-3-14-41-23)37(17-19-9-11-21(30)12-10-19)27(34-25)44(40)18-20-6-4-7-22(16-20)43-29(31,32)33/h4,6-7,9-12,16,23H,2-3,5,8,13-15,17-18H2,1H3/t23?,44-/m1/s1. The predicted octanol–water partition coefficient (Wildman–Crippen LogP) is 4.74. The van der Waals surface area contributed by atoms with Crippen molar-refractivity contribution in [2.45, 2.75) is 62.3 Å². The van der Waals surface area contributed by atoms with E-state index in [0.29, 0.717) is 29.2 Å².